The number of anilines is 2. The molecule has 3 N–H and O–H groups in total. The lowest BCUT2D eigenvalue weighted by molar-refractivity contribution is -0.137. The molecular weight excluding hydrogens is 603 g/mol. The van der Waals surface area contributed by atoms with Crippen LogP contribution in [0.3, 0.4) is 0 Å². The zero-order valence-electron chi connectivity index (χ0n) is 24.3. The number of carbonyl (C=O) groups is 1. The van der Waals surface area contributed by atoms with Gasteiger partial charge >= 0.3 is 6.18 Å². The third-order valence-corrected chi connectivity index (χ3v) is 8.00. The highest BCUT2D eigenvalue weighted by Gasteiger charge is 2.30. The second kappa shape index (κ2) is 14.4. The van der Waals surface area contributed by atoms with E-state index in [4.69, 9.17) is 6.42 Å². The smallest absolute Gasteiger partial charge is 0.390 e. The first-order chi connectivity index (χ1) is 21.3. The number of para-hydroxylation sites is 1. The number of aliphatic hydroxyl groups is 1. The normalized spacial score (nSPS) is 13.0. The maximum absolute atomic E-state index is 13.6. The monoisotopic (exact) mass is 635 g/mol. The van der Waals surface area contributed by atoms with Gasteiger partial charge in [0.1, 0.15) is 0 Å². The molecule has 0 saturated heterocycles. The number of terminal acetylenes is 1. The summed E-state index contributed by atoms with van der Waals surface area (Å²) < 4.78 is 66.1. The molecule has 4 aromatic carbocycles. The van der Waals surface area contributed by atoms with Crippen molar-refractivity contribution in [3.8, 4) is 12.3 Å². The van der Waals surface area contributed by atoms with Crippen molar-refractivity contribution in [3.63, 3.8) is 0 Å². The lowest BCUT2D eigenvalue weighted by Gasteiger charge is -2.26. The number of amides is 1. The average Bonchev–Trinajstić information content (AvgIpc) is 3.00. The van der Waals surface area contributed by atoms with Gasteiger partial charge in [-0.1, -0.05) is 72.7 Å². The minimum absolute atomic E-state index is 0.0421. The van der Waals surface area contributed by atoms with Gasteiger partial charge in [-0.05, 0) is 53.9 Å². The fraction of sp³-hybridized carbons (Fsp3) is 0.206. The Hall–Kier alpha value is -4.63. The van der Waals surface area contributed by atoms with Crippen molar-refractivity contribution in [1.82, 2.24) is 10.6 Å². The molecule has 0 fully saturated rings. The van der Waals surface area contributed by atoms with Gasteiger partial charge in [-0.15, -0.1) is 6.42 Å². The molecular formula is C34H32F3N3O4S. The molecule has 0 aromatic heterocycles. The maximum Gasteiger partial charge on any atom is 0.416 e. The van der Waals surface area contributed by atoms with Crippen molar-refractivity contribution < 1.29 is 31.5 Å². The number of rotatable bonds is 12. The predicted molar refractivity (Wildman–Crippen MR) is 168 cm³/mol. The molecule has 2 atom stereocenters. The third kappa shape index (κ3) is 9.18. The summed E-state index contributed by atoms with van der Waals surface area (Å²) in [5.74, 6) is 1.86. The first-order valence-electron chi connectivity index (χ1n) is 13.9. The van der Waals surface area contributed by atoms with Gasteiger partial charge in [0.25, 0.3) is 5.91 Å². The van der Waals surface area contributed by atoms with E-state index in [1.807, 2.05) is 30.3 Å². The summed E-state index contributed by atoms with van der Waals surface area (Å²) in [7, 11) is -3.84. The van der Waals surface area contributed by atoms with Gasteiger partial charge in [0.15, 0.2) is 0 Å². The molecule has 4 aromatic rings. The second-order valence-electron chi connectivity index (χ2n) is 10.4. The van der Waals surface area contributed by atoms with Gasteiger partial charge in [-0.2, -0.15) is 13.2 Å². The molecule has 45 heavy (non-hydrogen) atoms. The Labute approximate surface area is 260 Å². The van der Waals surface area contributed by atoms with Crippen LogP contribution in [0.1, 0.15) is 32.6 Å². The highest BCUT2D eigenvalue weighted by molar-refractivity contribution is 7.92. The van der Waals surface area contributed by atoms with Crippen LogP contribution in [0.25, 0.3) is 0 Å². The van der Waals surface area contributed by atoms with Crippen molar-refractivity contribution in [2.45, 2.75) is 31.3 Å². The number of halogens is 3. The highest BCUT2D eigenvalue weighted by Crippen LogP contribution is 2.31. The van der Waals surface area contributed by atoms with Gasteiger partial charge in [-0.25, -0.2) is 12.7 Å². The molecule has 0 saturated carbocycles. The minimum Gasteiger partial charge on any atom is -0.390 e. The zero-order chi connectivity index (χ0) is 32.6. The van der Waals surface area contributed by atoms with Gasteiger partial charge in [0.2, 0.25) is 10.0 Å². The van der Waals surface area contributed by atoms with E-state index in [0.717, 1.165) is 28.3 Å². The van der Waals surface area contributed by atoms with E-state index >= 15 is 0 Å². The summed E-state index contributed by atoms with van der Waals surface area (Å²) in [4.78, 5) is 13.6. The largest absolute Gasteiger partial charge is 0.416 e. The Balaban J connectivity index is 1.57. The quantitative estimate of drug-likeness (QED) is 0.184. The SMILES string of the molecule is C#Cc1cc(C(=O)N[C@@H](Cc2ccccc2)[C@H](O)CNCc2cccc(C(F)(F)F)c2)cc(N(c2ccccc2)S(C)(=O)=O)c1. The van der Waals surface area contributed by atoms with Gasteiger partial charge in [0, 0.05) is 24.2 Å². The number of carbonyl (C=O) groups excluding carboxylic acids is 1. The number of aliphatic hydroxyl groups excluding tert-OH is 1. The van der Waals surface area contributed by atoms with Crippen molar-refractivity contribution in [2.75, 3.05) is 17.1 Å². The number of hydrogen-bond donors (Lipinski definition) is 3. The van der Waals surface area contributed by atoms with Crippen molar-refractivity contribution in [1.29, 1.82) is 0 Å². The molecule has 0 aliphatic heterocycles. The Bertz CT molecular complexity index is 1760. The van der Waals surface area contributed by atoms with Crippen LogP contribution in [-0.2, 0) is 29.2 Å². The lowest BCUT2D eigenvalue weighted by atomic mass is 10.00. The summed E-state index contributed by atoms with van der Waals surface area (Å²) in [6.45, 7) is 0.0148. The number of nitrogens with one attached hydrogen (secondary N) is 2. The van der Waals surface area contributed by atoms with Gasteiger partial charge in [0.05, 0.1) is 35.3 Å². The van der Waals surface area contributed by atoms with E-state index in [1.165, 1.54) is 24.3 Å². The second-order valence-corrected chi connectivity index (χ2v) is 12.3. The molecule has 234 valence electrons. The number of sulfonamides is 1. The number of hydrogen-bond acceptors (Lipinski definition) is 5. The molecule has 7 nitrogen and oxygen atoms in total. The molecule has 0 spiro atoms. The van der Waals surface area contributed by atoms with E-state index in [-0.39, 0.29) is 36.3 Å². The average molecular weight is 636 g/mol. The molecule has 0 radical (unpaired) electrons. The molecule has 0 aliphatic rings. The molecule has 0 bridgehead atoms. The maximum atomic E-state index is 13.6. The van der Waals surface area contributed by atoms with Gasteiger partial charge in [-0.3, -0.25) is 4.79 Å². The van der Waals surface area contributed by atoms with Crippen LogP contribution >= 0.6 is 0 Å². The summed E-state index contributed by atoms with van der Waals surface area (Å²) in [5, 5.41) is 17.0. The molecule has 0 unspecified atom stereocenters. The summed E-state index contributed by atoms with van der Waals surface area (Å²) in [6.07, 6.45) is 1.32. The van der Waals surface area contributed by atoms with Crippen molar-refractivity contribution >= 4 is 27.3 Å². The lowest BCUT2D eigenvalue weighted by Crippen LogP contribution is -2.48. The number of nitrogens with zero attached hydrogens (tertiary/aromatic N) is 1. The summed E-state index contributed by atoms with van der Waals surface area (Å²) >= 11 is 0. The van der Waals surface area contributed by atoms with Crippen LogP contribution in [-0.4, -0.2) is 44.4 Å². The minimum atomic E-state index is -4.48. The first kappa shape index (κ1) is 33.3. The van der Waals surface area contributed by atoms with Gasteiger partial charge < -0.3 is 15.7 Å². The van der Waals surface area contributed by atoms with Crippen molar-refractivity contribution in [2.24, 2.45) is 0 Å². The molecule has 4 rings (SSSR count). The molecule has 0 heterocycles. The summed E-state index contributed by atoms with van der Waals surface area (Å²) in [6, 6.07) is 25.9. The first-order valence-corrected chi connectivity index (χ1v) is 15.8. The van der Waals surface area contributed by atoms with Crippen molar-refractivity contribution in [3.05, 3.63) is 131 Å². The predicted octanol–water partition coefficient (Wildman–Crippen LogP) is 5.28. The standard InChI is InChI=1S/C34H32F3N3O4S/c1-3-24-17-27(21-30(19-24)40(45(2,43)44)29-15-8-5-9-16-29)33(42)39-31(20-25-11-6-4-7-12-25)32(41)23-38-22-26-13-10-14-28(18-26)34(35,36)37/h1,4-19,21,31-32,38,41H,20,22-23H2,2H3,(H,39,42)/t31-,32+/m0/s1. The van der Waals surface area contributed by atoms with Crippen LogP contribution in [0.15, 0.2) is 103 Å². The van der Waals surface area contributed by atoms with Crippen LogP contribution in [0.2, 0.25) is 0 Å². The fourth-order valence-electron chi connectivity index (χ4n) is 4.81. The van der Waals surface area contributed by atoms with E-state index in [1.54, 1.807) is 36.4 Å². The van der Waals surface area contributed by atoms with E-state index in [9.17, 15) is 31.5 Å². The Morgan fingerprint density at radius 3 is 2.18 bits per heavy atom. The molecule has 1 amide bonds. The number of alkyl halides is 3. The van der Waals surface area contributed by atoms with Crippen LogP contribution in [0.5, 0.6) is 0 Å². The van der Waals surface area contributed by atoms with Crippen LogP contribution in [0, 0.1) is 12.3 Å². The Morgan fingerprint density at radius 1 is 0.911 bits per heavy atom. The summed E-state index contributed by atoms with van der Waals surface area (Å²) in [5.41, 5.74) is 1.29. The topological polar surface area (TPSA) is 98.7 Å². The van der Waals surface area contributed by atoms with Crippen LogP contribution in [0.4, 0.5) is 24.5 Å². The molecule has 0 aliphatic carbocycles. The molecule has 11 heteroatoms. The zero-order valence-corrected chi connectivity index (χ0v) is 25.1. The Morgan fingerprint density at radius 2 is 1.56 bits per heavy atom. The van der Waals surface area contributed by atoms with E-state index < -0.39 is 39.8 Å². The Kier molecular flexibility index (Phi) is 10.7. The van der Waals surface area contributed by atoms with Crippen LogP contribution < -0.4 is 14.9 Å². The third-order valence-electron chi connectivity index (χ3n) is 6.92. The fourth-order valence-corrected chi connectivity index (χ4v) is 5.80. The highest BCUT2D eigenvalue weighted by atomic mass is 32.2. The number of benzene rings is 4. The van der Waals surface area contributed by atoms with E-state index in [0.29, 0.717) is 11.3 Å². The van der Waals surface area contributed by atoms with E-state index in [2.05, 4.69) is 16.6 Å².